The summed E-state index contributed by atoms with van der Waals surface area (Å²) in [5.41, 5.74) is 0.863. The van der Waals surface area contributed by atoms with Crippen LogP contribution in [0.2, 0.25) is 0 Å². The van der Waals surface area contributed by atoms with E-state index in [2.05, 4.69) is 20.1 Å². The standard InChI is InChI=1S/C22H20N6O5S/c1-33-20-6-3-2-5-18(20)26-34(31,32)21-14-17(28(29)30)7-8-19(21)24-15-16-9-11-23-22(13-16)27-12-4-10-25-27/h2-14,24,26H,15H2,1H3. The fourth-order valence-corrected chi connectivity index (χ4v) is 4.49. The maximum absolute atomic E-state index is 13.2. The van der Waals surface area contributed by atoms with Crippen molar-refractivity contribution >= 4 is 27.1 Å². The summed E-state index contributed by atoms with van der Waals surface area (Å²) in [5.74, 6) is 0.910. The van der Waals surface area contributed by atoms with E-state index < -0.39 is 14.9 Å². The molecule has 0 aliphatic heterocycles. The average molecular weight is 481 g/mol. The van der Waals surface area contributed by atoms with E-state index in [9.17, 15) is 18.5 Å². The first kappa shape index (κ1) is 22.7. The maximum atomic E-state index is 13.2. The molecule has 0 saturated carbocycles. The van der Waals surface area contributed by atoms with Gasteiger partial charge in [0.15, 0.2) is 5.82 Å². The van der Waals surface area contributed by atoms with Crippen LogP contribution >= 0.6 is 0 Å². The van der Waals surface area contributed by atoms with Gasteiger partial charge >= 0.3 is 0 Å². The number of para-hydroxylation sites is 2. The number of hydrogen-bond acceptors (Lipinski definition) is 8. The van der Waals surface area contributed by atoms with E-state index in [-0.39, 0.29) is 28.5 Å². The van der Waals surface area contributed by atoms with Gasteiger partial charge in [-0.05, 0) is 42.0 Å². The van der Waals surface area contributed by atoms with Crippen LogP contribution in [0.4, 0.5) is 17.1 Å². The average Bonchev–Trinajstić information content (AvgIpc) is 3.38. The fourth-order valence-electron chi connectivity index (χ4n) is 3.22. The lowest BCUT2D eigenvalue weighted by atomic mass is 10.2. The van der Waals surface area contributed by atoms with Gasteiger partial charge in [-0.3, -0.25) is 14.8 Å². The monoisotopic (exact) mass is 480 g/mol. The largest absolute Gasteiger partial charge is 0.495 e. The van der Waals surface area contributed by atoms with Crippen molar-refractivity contribution < 1.29 is 18.1 Å². The Hall–Kier alpha value is -4.45. The third kappa shape index (κ3) is 4.96. The number of hydrogen-bond donors (Lipinski definition) is 2. The molecule has 0 aliphatic carbocycles. The van der Waals surface area contributed by atoms with Crippen LogP contribution in [0.1, 0.15) is 5.56 Å². The second-order valence-electron chi connectivity index (χ2n) is 7.07. The van der Waals surface area contributed by atoms with E-state index in [4.69, 9.17) is 4.74 Å². The lowest BCUT2D eigenvalue weighted by molar-refractivity contribution is -0.385. The van der Waals surface area contributed by atoms with Crippen LogP contribution in [-0.2, 0) is 16.6 Å². The number of ether oxygens (including phenoxy) is 1. The zero-order chi connectivity index (χ0) is 24.1. The molecule has 174 valence electrons. The lowest BCUT2D eigenvalue weighted by Crippen LogP contribution is -2.16. The van der Waals surface area contributed by atoms with E-state index in [1.165, 1.54) is 25.3 Å². The molecule has 0 saturated heterocycles. The van der Waals surface area contributed by atoms with Crippen molar-refractivity contribution in [2.24, 2.45) is 0 Å². The van der Waals surface area contributed by atoms with E-state index in [1.807, 2.05) is 0 Å². The minimum atomic E-state index is -4.20. The molecular weight excluding hydrogens is 460 g/mol. The van der Waals surface area contributed by atoms with Crippen LogP contribution in [0, 0.1) is 10.1 Å². The number of rotatable bonds is 9. The van der Waals surface area contributed by atoms with Crippen LogP contribution in [0.15, 0.2) is 84.1 Å². The Morgan fingerprint density at radius 2 is 1.88 bits per heavy atom. The highest BCUT2D eigenvalue weighted by molar-refractivity contribution is 7.93. The molecule has 2 N–H and O–H groups in total. The first-order chi connectivity index (χ1) is 16.4. The second kappa shape index (κ2) is 9.58. The number of nitro groups is 1. The molecule has 12 heteroatoms. The number of benzene rings is 2. The maximum Gasteiger partial charge on any atom is 0.270 e. The van der Waals surface area contributed by atoms with Gasteiger partial charge in [0.2, 0.25) is 0 Å². The Kier molecular flexibility index (Phi) is 6.41. The molecule has 0 radical (unpaired) electrons. The normalized spacial score (nSPS) is 11.1. The number of nitrogens with zero attached hydrogens (tertiary/aromatic N) is 4. The van der Waals surface area contributed by atoms with E-state index in [0.29, 0.717) is 11.6 Å². The minimum Gasteiger partial charge on any atom is -0.495 e. The van der Waals surface area contributed by atoms with Gasteiger partial charge in [-0.2, -0.15) is 5.10 Å². The van der Waals surface area contributed by atoms with Gasteiger partial charge in [0, 0.05) is 37.3 Å². The summed E-state index contributed by atoms with van der Waals surface area (Å²) in [7, 11) is -2.79. The van der Waals surface area contributed by atoms with Gasteiger partial charge in [0.25, 0.3) is 15.7 Å². The van der Waals surface area contributed by atoms with Gasteiger partial charge in [0.05, 0.1) is 23.4 Å². The van der Waals surface area contributed by atoms with Crippen molar-refractivity contribution in [3.63, 3.8) is 0 Å². The molecule has 0 aliphatic rings. The molecule has 4 rings (SSSR count). The summed E-state index contributed by atoms with van der Waals surface area (Å²) in [6.45, 7) is 0.242. The van der Waals surface area contributed by atoms with Gasteiger partial charge in [-0.1, -0.05) is 12.1 Å². The summed E-state index contributed by atoms with van der Waals surface area (Å²) in [6.07, 6.45) is 5.00. The highest BCUT2D eigenvalue weighted by Gasteiger charge is 2.23. The number of nitro benzene ring substituents is 1. The predicted molar refractivity (Wildman–Crippen MR) is 126 cm³/mol. The van der Waals surface area contributed by atoms with Gasteiger partial charge in [-0.25, -0.2) is 18.1 Å². The van der Waals surface area contributed by atoms with Crippen molar-refractivity contribution in [3.8, 4) is 11.6 Å². The first-order valence-corrected chi connectivity index (χ1v) is 11.5. The number of pyridine rings is 1. The Morgan fingerprint density at radius 1 is 1.06 bits per heavy atom. The Morgan fingerprint density at radius 3 is 2.62 bits per heavy atom. The number of nitrogens with one attached hydrogen (secondary N) is 2. The fraction of sp³-hybridized carbons (Fsp3) is 0.0909. The molecule has 2 aromatic heterocycles. The van der Waals surface area contributed by atoms with Gasteiger partial charge < -0.3 is 10.1 Å². The van der Waals surface area contributed by atoms with Crippen molar-refractivity contribution in [2.45, 2.75) is 11.4 Å². The second-order valence-corrected chi connectivity index (χ2v) is 8.72. The SMILES string of the molecule is COc1ccccc1NS(=O)(=O)c1cc([N+](=O)[O-])ccc1NCc1ccnc(-n2cccn2)c1. The van der Waals surface area contributed by atoms with E-state index in [0.717, 1.165) is 11.6 Å². The number of methoxy groups -OCH3 is 1. The molecule has 0 fully saturated rings. The van der Waals surface area contributed by atoms with Crippen molar-refractivity contribution in [1.29, 1.82) is 0 Å². The zero-order valence-electron chi connectivity index (χ0n) is 18.0. The molecule has 0 spiro atoms. The van der Waals surface area contributed by atoms with Gasteiger partial charge in [0.1, 0.15) is 10.6 Å². The quantitative estimate of drug-likeness (QED) is 0.273. The Labute approximate surface area is 195 Å². The number of anilines is 2. The van der Waals surface area contributed by atoms with Crippen LogP contribution in [-0.4, -0.2) is 35.2 Å². The molecule has 2 heterocycles. The smallest absolute Gasteiger partial charge is 0.270 e. The highest BCUT2D eigenvalue weighted by Crippen LogP contribution is 2.31. The van der Waals surface area contributed by atoms with E-state index in [1.54, 1.807) is 59.7 Å². The highest BCUT2D eigenvalue weighted by atomic mass is 32.2. The van der Waals surface area contributed by atoms with E-state index >= 15 is 0 Å². The summed E-state index contributed by atoms with van der Waals surface area (Å²) < 4.78 is 35.7. The molecule has 0 amide bonds. The Bertz CT molecular complexity index is 1420. The lowest BCUT2D eigenvalue weighted by Gasteiger charge is -2.15. The Balaban J connectivity index is 1.65. The summed E-state index contributed by atoms with van der Waals surface area (Å²) >= 11 is 0. The number of sulfonamides is 1. The predicted octanol–water partition coefficient (Wildman–Crippen LogP) is 3.60. The molecule has 2 aromatic carbocycles. The molecule has 34 heavy (non-hydrogen) atoms. The summed E-state index contributed by atoms with van der Waals surface area (Å²) in [4.78, 5) is 14.7. The minimum absolute atomic E-state index is 0.199. The third-order valence-corrected chi connectivity index (χ3v) is 6.25. The molecule has 11 nitrogen and oxygen atoms in total. The van der Waals surface area contributed by atoms with Crippen molar-refractivity contribution in [2.75, 3.05) is 17.1 Å². The third-order valence-electron chi connectivity index (χ3n) is 4.85. The summed E-state index contributed by atoms with van der Waals surface area (Å²) in [6, 6.07) is 15.4. The topological polar surface area (TPSA) is 141 Å². The molecule has 0 atom stereocenters. The van der Waals surface area contributed by atoms with Crippen LogP contribution < -0.4 is 14.8 Å². The molecule has 4 aromatic rings. The van der Waals surface area contributed by atoms with Crippen LogP contribution in [0.25, 0.3) is 5.82 Å². The first-order valence-electron chi connectivity index (χ1n) is 10.0. The van der Waals surface area contributed by atoms with Gasteiger partial charge in [-0.15, -0.1) is 0 Å². The molecule has 0 bridgehead atoms. The van der Waals surface area contributed by atoms with Crippen molar-refractivity contribution in [3.05, 3.63) is 94.9 Å². The van der Waals surface area contributed by atoms with Crippen LogP contribution in [0.5, 0.6) is 5.75 Å². The number of aromatic nitrogens is 3. The van der Waals surface area contributed by atoms with Crippen molar-refractivity contribution in [1.82, 2.24) is 14.8 Å². The number of non-ortho nitro benzene ring substituents is 1. The molecular formula is C22H20N6O5S. The summed E-state index contributed by atoms with van der Waals surface area (Å²) in [5, 5.41) is 18.5. The zero-order valence-corrected chi connectivity index (χ0v) is 18.8. The van der Waals surface area contributed by atoms with Crippen LogP contribution in [0.3, 0.4) is 0 Å². The molecule has 0 unspecified atom stereocenters.